The highest BCUT2D eigenvalue weighted by Gasteiger charge is 2.28. The molecule has 1 aliphatic heterocycles. The quantitative estimate of drug-likeness (QED) is 0.289. The topological polar surface area (TPSA) is 121 Å². The second-order valence-corrected chi connectivity index (χ2v) is 10.1. The fraction of sp³-hybridized carbons (Fsp3) is 0.276. The van der Waals surface area contributed by atoms with E-state index >= 15 is 0 Å². The first-order valence-corrected chi connectivity index (χ1v) is 13.2. The number of benzene rings is 2. The molecule has 0 unspecified atom stereocenters. The number of fused-ring (bicyclic) bond motifs is 2. The van der Waals surface area contributed by atoms with Crippen LogP contribution in [0.4, 0.5) is 23.1 Å². The molecule has 39 heavy (non-hydrogen) atoms. The summed E-state index contributed by atoms with van der Waals surface area (Å²) in [5.41, 5.74) is 5.19. The first-order chi connectivity index (χ1) is 19.1. The number of nitrogens with zero attached hydrogens (tertiary/aromatic N) is 5. The van der Waals surface area contributed by atoms with E-state index in [-0.39, 0.29) is 5.91 Å². The maximum atomic E-state index is 13.6. The van der Waals surface area contributed by atoms with E-state index in [1.165, 1.54) is 0 Å². The Morgan fingerprint density at radius 1 is 1.00 bits per heavy atom. The molecular weight excluding hydrogens is 492 g/mol. The summed E-state index contributed by atoms with van der Waals surface area (Å²) in [6.45, 7) is 5.02. The van der Waals surface area contributed by atoms with Crippen molar-refractivity contribution in [3.05, 3.63) is 71.8 Å². The molecule has 196 valence electrons. The number of ether oxygens (including phenoxy) is 1. The van der Waals surface area contributed by atoms with Gasteiger partial charge in [0.05, 0.1) is 41.7 Å². The van der Waals surface area contributed by atoms with Crippen molar-refractivity contribution < 1.29 is 9.53 Å². The number of aromatic nitrogens is 5. The van der Waals surface area contributed by atoms with E-state index in [0.29, 0.717) is 47.5 Å². The fourth-order valence-electron chi connectivity index (χ4n) is 4.96. The van der Waals surface area contributed by atoms with Gasteiger partial charge in [0.25, 0.3) is 5.91 Å². The van der Waals surface area contributed by atoms with E-state index in [0.717, 1.165) is 59.6 Å². The number of morpholine rings is 1. The first kappa shape index (κ1) is 23.5. The zero-order valence-electron chi connectivity index (χ0n) is 21.6. The molecule has 7 rings (SSSR count). The van der Waals surface area contributed by atoms with Gasteiger partial charge >= 0.3 is 0 Å². The fourth-order valence-corrected chi connectivity index (χ4v) is 4.96. The summed E-state index contributed by atoms with van der Waals surface area (Å²) < 4.78 is 5.43. The number of anilines is 4. The smallest absolute Gasteiger partial charge is 0.258 e. The van der Waals surface area contributed by atoms with Crippen LogP contribution < -0.4 is 15.5 Å². The third-order valence-electron chi connectivity index (χ3n) is 7.22. The Hall–Kier alpha value is -4.57. The molecule has 2 aliphatic rings. The zero-order valence-corrected chi connectivity index (χ0v) is 21.6. The van der Waals surface area contributed by atoms with Crippen molar-refractivity contribution in [3.8, 4) is 0 Å². The summed E-state index contributed by atoms with van der Waals surface area (Å²) in [5, 5.41) is 7.27. The van der Waals surface area contributed by atoms with Crippen LogP contribution in [0.2, 0.25) is 0 Å². The molecule has 3 aromatic heterocycles. The van der Waals surface area contributed by atoms with E-state index in [2.05, 4.69) is 30.5 Å². The lowest BCUT2D eigenvalue weighted by atomic mass is 10.1. The highest BCUT2D eigenvalue weighted by molar-refractivity contribution is 6.12. The molecular formula is C29H28N8O2. The number of aromatic amines is 1. The Morgan fingerprint density at radius 2 is 1.87 bits per heavy atom. The summed E-state index contributed by atoms with van der Waals surface area (Å²) >= 11 is 0. The van der Waals surface area contributed by atoms with Gasteiger partial charge < -0.3 is 25.3 Å². The van der Waals surface area contributed by atoms with E-state index in [1.807, 2.05) is 43.3 Å². The van der Waals surface area contributed by atoms with Crippen LogP contribution in [0.25, 0.3) is 21.9 Å². The highest BCUT2D eigenvalue weighted by Crippen LogP contribution is 2.40. The molecule has 0 atom stereocenters. The molecule has 10 nitrogen and oxygen atoms in total. The Morgan fingerprint density at radius 3 is 2.67 bits per heavy atom. The van der Waals surface area contributed by atoms with Crippen LogP contribution in [-0.4, -0.2) is 57.1 Å². The van der Waals surface area contributed by atoms with Crippen molar-refractivity contribution in [2.24, 2.45) is 0 Å². The van der Waals surface area contributed by atoms with Gasteiger partial charge in [0, 0.05) is 36.3 Å². The monoisotopic (exact) mass is 520 g/mol. The molecule has 1 saturated carbocycles. The highest BCUT2D eigenvalue weighted by atomic mass is 16.5. The van der Waals surface area contributed by atoms with E-state index < -0.39 is 0 Å². The van der Waals surface area contributed by atoms with E-state index in [1.54, 1.807) is 18.5 Å². The molecule has 1 amide bonds. The van der Waals surface area contributed by atoms with E-state index in [9.17, 15) is 4.79 Å². The third kappa shape index (κ3) is 4.74. The van der Waals surface area contributed by atoms with Crippen molar-refractivity contribution in [3.63, 3.8) is 0 Å². The molecule has 5 aromatic rings. The Balaban J connectivity index is 1.19. The number of carbonyl (C=O) groups excluding carboxylic acids is 1. The molecule has 0 radical (unpaired) electrons. The van der Waals surface area contributed by atoms with Crippen LogP contribution in [-0.2, 0) is 4.74 Å². The average molecular weight is 521 g/mol. The summed E-state index contributed by atoms with van der Waals surface area (Å²) in [4.78, 5) is 37.7. The molecule has 10 heteroatoms. The predicted octanol–water partition coefficient (Wildman–Crippen LogP) is 4.92. The average Bonchev–Trinajstić information content (AvgIpc) is 3.73. The number of rotatable bonds is 6. The molecule has 4 heterocycles. The van der Waals surface area contributed by atoms with Gasteiger partial charge in [-0.05, 0) is 49.6 Å². The normalized spacial score (nSPS) is 15.6. The molecule has 1 saturated heterocycles. The number of H-pyrrole nitrogens is 1. The van der Waals surface area contributed by atoms with Gasteiger partial charge in [0.2, 0.25) is 5.95 Å². The van der Waals surface area contributed by atoms with Crippen LogP contribution in [0, 0.1) is 6.92 Å². The Kier molecular flexibility index (Phi) is 5.81. The molecule has 2 fully saturated rings. The molecule has 0 bridgehead atoms. The minimum atomic E-state index is -0.256. The van der Waals surface area contributed by atoms with Gasteiger partial charge in [-0.1, -0.05) is 18.2 Å². The van der Waals surface area contributed by atoms with Crippen LogP contribution in [0.3, 0.4) is 0 Å². The van der Waals surface area contributed by atoms with Crippen LogP contribution >= 0.6 is 0 Å². The van der Waals surface area contributed by atoms with Crippen molar-refractivity contribution in [2.75, 3.05) is 41.8 Å². The summed E-state index contributed by atoms with van der Waals surface area (Å²) in [6.07, 6.45) is 5.71. The van der Waals surface area contributed by atoms with Gasteiger partial charge in [0.15, 0.2) is 0 Å². The molecule has 1 aliphatic carbocycles. The van der Waals surface area contributed by atoms with Crippen molar-refractivity contribution in [1.29, 1.82) is 0 Å². The maximum Gasteiger partial charge on any atom is 0.258 e. The lowest BCUT2D eigenvalue weighted by molar-refractivity contribution is 0.102. The summed E-state index contributed by atoms with van der Waals surface area (Å²) in [7, 11) is 0. The number of nitrogens with one attached hydrogen (secondary N) is 3. The van der Waals surface area contributed by atoms with E-state index in [4.69, 9.17) is 14.7 Å². The van der Waals surface area contributed by atoms with Crippen LogP contribution in [0.1, 0.15) is 40.5 Å². The number of carbonyl (C=O) groups is 1. The first-order valence-electron chi connectivity index (χ1n) is 13.2. The standard InChI is InChI=1S/C29H28N8O2/c1-17-3-2-4-19-15-31-29(36-25(17)19)33-21-13-22(26-23(14-21)34-27(35-26)18-5-6-18)28(38)32-20-7-8-24(30-16-20)37-9-11-39-12-10-37/h2-4,7-8,13-16,18H,5-6,9-12H2,1H3,(H,32,38)(H,34,35)(H,31,33,36). The number of imidazole rings is 1. The van der Waals surface area contributed by atoms with Crippen molar-refractivity contribution in [1.82, 2.24) is 24.9 Å². The second-order valence-electron chi connectivity index (χ2n) is 10.1. The Bertz CT molecular complexity index is 1690. The number of para-hydroxylation sites is 1. The summed E-state index contributed by atoms with van der Waals surface area (Å²) in [6, 6.07) is 13.6. The van der Waals surface area contributed by atoms with Crippen LogP contribution in [0.15, 0.2) is 54.9 Å². The maximum absolute atomic E-state index is 13.6. The number of hydrogen-bond donors (Lipinski definition) is 3. The zero-order chi connectivity index (χ0) is 26.3. The lowest BCUT2D eigenvalue weighted by Gasteiger charge is -2.27. The number of pyridine rings is 1. The van der Waals surface area contributed by atoms with Crippen LogP contribution in [0.5, 0.6) is 0 Å². The lowest BCUT2D eigenvalue weighted by Crippen LogP contribution is -2.36. The SMILES string of the molecule is Cc1cccc2cnc(Nc3cc(C(=O)Nc4ccc(N5CCOCC5)nc4)c4nc(C5CC5)[nH]c4c3)nc12. The molecule has 3 N–H and O–H groups in total. The number of hydrogen-bond acceptors (Lipinski definition) is 8. The van der Waals surface area contributed by atoms with Crippen molar-refractivity contribution >= 4 is 51.0 Å². The number of amides is 1. The van der Waals surface area contributed by atoms with Gasteiger partial charge in [-0.15, -0.1) is 0 Å². The Labute approximate surface area is 224 Å². The number of aryl methyl sites for hydroxylation is 1. The van der Waals surface area contributed by atoms with Crippen molar-refractivity contribution in [2.45, 2.75) is 25.7 Å². The minimum absolute atomic E-state index is 0.256. The molecule has 2 aromatic carbocycles. The van der Waals surface area contributed by atoms with Gasteiger partial charge in [0.1, 0.15) is 17.2 Å². The predicted molar refractivity (Wildman–Crippen MR) is 151 cm³/mol. The minimum Gasteiger partial charge on any atom is -0.378 e. The second kappa shape index (κ2) is 9.63. The van der Waals surface area contributed by atoms with Gasteiger partial charge in [-0.3, -0.25) is 4.79 Å². The molecule has 0 spiro atoms. The van der Waals surface area contributed by atoms with Gasteiger partial charge in [-0.25, -0.2) is 19.9 Å². The summed E-state index contributed by atoms with van der Waals surface area (Å²) in [5.74, 6) is 2.43. The third-order valence-corrected chi connectivity index (χ3v) is 7.22. The van der Waals surface area contributed by atoms with Gasteiger partial charge in [-0.2, -0.15) is 0 Å². The largest absolute Gasteiger partial charge is 0.378 e.